The van der Waals surface area contributed by atoms with Gasteiger partial charge < -0.3 is 18.9 Å². The quantitative estimate of drug-likeness (QED) is 0.173. The molecule has 0 aliphatic rings. The molecule has 0 fully saturated rings. The summed E-state index contributed by atoms with van der Waals surface area (Å²) in [5.41, 5.74) is 5.52. The lowest BCUT2D eigenvalue weighted by atomic mass is 9.77. The number of carbonyl (C=O) groups excluding carboxylic acids is 2. The molecule has 0 saturated carbocycles. The fraction of sp³-hybridized carbons (Fsp3) is 0.419. The molecule has 37 heavy (non-hydrogen) atoms. The van der Waals surface area contributed by atoms with Crippen molar-refractivity contribution in [2.45, 2.75) is 46.0 Å². The molecule has 6 heteroatoms. The highest BCUT2D eigenvalue weighted by molar-refractivity contribution is 5.87. The SMILES string of the molecule is C=C(C)C(=O)OCCOCCc1ccc(C(C)(C)c2ccc(CCOCCOC(=O)C(=C)C)cc2)cc1. The second kappa shape index (κ2) is 15.1. The van der Waals surface area contributed by atoms with Crippen LogP contribution in [0.15, 0.2) is 72.8 Å². The van der Waals surface area contributed by atoms with Crippen LogP contribution in [-0.4, -0.2) is 51.6 Å². The second-order valence-corrected chi connectivity index (χ2v) is 9.58. The van der Waals surface area contributed by atoms with Gasteiger partial charge in [-0.25, -0.2) is 9.59 Å². The van der Waals surface area contributed by atoms with E-state index in [2.05, 4.69) is 75.5 Å². The summed E-state index contributed by atoms with van der Waals surface area (Å²) >= 11 is 0. The number of benzene rings is 2. The maximum Gasteiger partial charge on any atom is 0.333 e. The largest absolute Gasteiger partial charge is 0.460 e. The summed E-state index contributed by atoms with van der Waals surface area (Å²) in [4.78, 5) is 22.7. The van der Waals surface area contributed by atoms with Gasteiger partial charge in [-0.3, -0.25) is 0 Å². The summed E-state index contributed by atoms with van der Waals surface area (Å²) in [5.74, 6) is -0.776. The summed E-state index contributed by atoms with van der Waals surface area (Å²) in [7, 11) is 0. The van der Waals surface area contributed by atoms with Crippen LogP contribution in [0.4, 0.5) is 0 Å². The van der Waals surface area contributed by atoms with Crippen molar-refractivity contribution in [2.75, 3.05) is 39.6 Å². The van der Waals surface area contributed by atoms with Crippen molar-refractivity contribution in [3.63, 3.8) is 0 Å². The average molecular weight is 509 g/mol. The summed E-state index contributed by atoms with van der Waals surface area (Å²) < 4.78 is 21.2. The third-order valence-corrected chi connectivity index (χ3v) is 6.04. The number of esters is 2. The van der Waals surface area contributed by atoms with Gasteiger partial charge in [-0.2, -0.15) is 0 Å². The van der Waals surface area contributed by atoms with Crippen LogP contribution < -0.4 is 0 Å². The molecule has 0 unspecified atom stereocenters. The van der Waals surface area contributed by atoms with Crippen LogP contribution in [-0.2, 0) is 46.8 Å². The first-order chi connectivity index (χ1) is 17.6. The monoisotopic (exact) mass is 508 g/mol. The maximum atomic E-state index is 11.3. The highest BCUT2D eigenvalue weighted by Gasteiger charge is 2.22. The molecular weight excluding hydrogens is 468 g/mol. The van der Waals surface area contributed by atoms with Gasteiger partial charge in [-0.1, -0.05) is 75.5 Å². The fourth-order valence-corrected chi connectivity index (χ4v) is 3.56. The number of hydrogen-bond acceptors (Lipinski definition) is 6. The van der Waals surface area contributed by atoms with E-state index in [1.165, 1.54) is 22.3 Å². The third kappa shape index (κ3) is 10.3. The zero-order chi connectivity index (χ0) is 27.3. The molecule has 0 amide bonds. The third-order valence-electron chi connectivity index (χ3n) is 6.04. The lowest BCUT2D eigenvalue weighted by molar-refractivity contribution is -0.141. The highest BCUT2D eigenvalue weighted by atomic mass is 16.6. The van der Waals surface area contributed by atoms with E-state index in [4.69, 9.17) is 18.9 Å². The Hall–Kier alpha value is -3.22. The molecule has 0 atom stereocenters. The van der Waals surface area contributed by atoms with E-state index in [9.17, 15) is 9.59 Å². The lowest BCUT2D eigenvalue weighted by Gasteiger charge is -2.26. The standard InChI is InChI=1S/C31H40O6/c1-23(2)29(32)36-21-19-34-17-15-25-7-11-27(12-8-25)31(5,6)28-13-9-26(10-14-28)16-18-35-20-22-37-30(33)24(3)4/h7-14H,1,3,15-22H2,2,4-6H3. The van der Waals surface area contributed by atoms with Crippen LogP contribution in [0.5, 0.6) is 0 Å². The molecule has 2 rings (SSSR count). The molecule has 0 radical (unpaired) electrons. The zero-order valence-corrected chi connectivity index (χ0v) is 22.6. The van der Waals surface area contributed by atoms with Gasteiger partial charge in [0.2, 0.25) is 0 Å². The van der Waals surface area contributed by atoms with Crippen LogP contribution >= 0.6 is 0 Å². The van der Waals surface area contributed by atoms with Crippen molar-refractivity contribution in [3.05, 3.63) is 95.1 Å². The van der Waals surface area contributed by atoms with Gasteiger partial charge in [-0.05, 0) is 48.9 Å². The number of rotatable bonds is 16. The molecule has 0 saturated heterocycles. The van der Waals surface area contributed by atoms with Gasteiger partial charge >= 0.3 is 11.9 Å². The van der Waals surface area contributed by atoms with Gasteiger partial charge in [0.15, 0.2) is 0 Å². The van der Waals surface area contributed by atoms with Gasteiger partial charge in [0.05, 0.1) is 26.4 Å². The first-order valence-electron chi connectivity index (χ1n) is 12.6. The minimum Gasteiger partial charge on any atom is -0.460 e. The fourth-order valence-electron chi connectivity index (χ4n) is 3.56. The molecule has 0 heterocycles. The predicted molar refractivity (Wildman–Crippen MR) is 146 cm³/mol. The first kappa shape index (κ1) is 30.0. The molecule has 2 aromatic rings. The Morgan fingerprint density at radius 3 is 1.30 bits per heavy atom. The Bertz CT molecular complexity index is 951. The molecule has 0 aliphatic carbocycles. The van der Waals surface area contributed by atoms with E-state index >= 15 is 0 Å². The summed E-state index contributed by atoms with van der Waals surface area (Å²) in [6, 6.07) is 17.3. The molecule has 6 nitrogen and oxygen atoms in total. The molecule has 0 bridgehead atoms. The molecule has 200 valence electrons. The Morgan fingerprint density at radius 1 is 0.622 bits per heavy atom. The maximum absolute atomic E-state index is 11.3. The van der Waals surface area contributed by atoms with Gasteiger partial charge in [-0.15, -0.1) is 0 Å². The minimum atomic E-state index is -0.388. The van der Waals surface area contributed by atoms with Gasteiger partial charge in [0.25, 0.3) is 0 Å². The summed E-state index contributed by atoms with van der Waals surface area (Å²) in [5, 5.41) is 0. The van der Waals surface area contributed by atoms with Crippen molar-refractivity contribution >= 4 is 11.9 Å². The molecule has 0 spiro atoms. The van der Waals surface area contributed by atoms with Crippen molar-refractivity contribution in [1.29, 1.82) is 0 Å². The second-order valence-electron chi connectivity index (χ2n) is 9.58. The van der Waals surface area contributed by atoms with E-state index < -0.39 is 0 Å². The van der Waals surface area contributed by atoms with Crippen LogP contribution in [0.1, 0.15) is 49.9 Å². The Kier molecular flexibility index (Phi) is 12.3. The van der Waals surface area contributed by atoms with E-state index in [-0.39, 0.29) is 30.6 Å². The van der Waals surface area contributed by atoms with Gasteiger partial charge in [0.1, 0.15) is 13.2 Å². The average Bonchev–Trinajstić information content (AvgIpc) is 2.88. The zero-order valence-electron chi connectivity index (χ0n) is 22.6. The Morgan fingerprint density at radius 2 is 0.973 bits per heavy atom. The van der Waals surface area contributed by atoms with E-state index in [0.717, 1.165) is 12.8 Å². The highest BCUT2D eigenvalue weighted by Crippen LogP contribution is 2.31. The van der Waals surface area contributed by atoms with E-state index in [0.29, 0.717) is 37.6 Å². The minimum absolute atomic E-state index is 0.135. The van der Waals surface area contributed by atoms with E-state index in [1.54, 1.807) is 13.8 Å². The summed E-state index contributed by atoms with van der Waals surface area (Å²) in [6.45, 7) is 17.1. The van der Waals surface area contributed by atoms with E-state index in [1.807, 2.05) is 0 Å². The number of carbonyl (C=O) groups is 2. The molecular formula is C31H40O6. The normalized spacial score (nSPS) is 11.1. The Balaban J connectivity index is 1.75. The van der Waals surface area contributed by atoms with Crippen molar-refractivity contribution in [2.24, 2.45) is 0 Å². The molecule has 0 aliphatic heterocycles. The number of hydrogen-bond donors (Lipinski definition) is 0. The van der Waals surface area contributed by atoms with Crippen molar-refractivity contribution in [1.82, 2.24) is 0 Å². The van der Waals surface area contributed by atoms with Gasteiger partial charge in [0, 0.05) is 16.6 Å². The summed E-state index contributed by atoms with van der Waals surface area (Å²) in [6.07, 6.45) is 1.59. The van der Waals surface area contributed by atoms with Crippen molar-refractivity contribution < 1.29 is 28.5 Å². The van der Waals surface area contributed by atoms with Crippen LogP contribution in [0.3, 0.4) is 0 Å². The van der Waals surface area contributed by atoms with Crippen LogP contribution in [0, 0.1) is 0 Å². The smallest absolute Gasteiger partial charge is 0.333 e. The van der Waals surface area contributed by atoms with Crippen LogP contribution in [0.2, 0.25) is 0 Å². The predicted octanol–water partition coefficient (Wildman–Crippen LogP) is 5.37. The Labute approximate surface area is 221 Å². The number of ether oxygens (including phenoxy) is 4. The van der Waals surface area contributed by atoms with Crippen LogP contribution in [0.25, 0.3) is 0 Å². The molecule has 0 aromatic heterocycles. The topological polar surface area (TPSA) is 71.1 Å². The first-order valence-corrected chi connectivity index (χ1v) is 12.6. The molecule has 0 N–H and O–H groups in total. The molecule has 2 aromatic carbocycles. The van der Waals surface area contributed by atoms with Crippen molar-refractivity contribution in [3.8, 4) is 0 Å². The lowest BCUT2D eigenvalue weighted by Crippen LogP contribution is -2.19.